The number of aromatic nitrogens is 1. The molecule has 2 rings (SSSR count). The average Bonchev–Trinajstić information content (AvgIpc) is 2.72. The number of rotatable bonds is 2. The van der Waals surface area contributed by atoms with Crippen molar-refractivity contribution < 1.29 is 14.3 Å². The molecule has 0 fully saturated rings. The van der Waals surface area contributed by atoms with Gasteiger partial charge in [0.15, 0.2) is 0 Å². The fourth-order valence-corrected chi connectivity index (χ4v) is 1.62. The highest BCUT2D eigenvalue weighted by atomic mass is 19.1. The van der Waals surface area contributed by atoms with Gasteiger partial charge in [-0.1, -0.05) is 0 Å². The summed E-state index contributed by atoms with van der Waals surface area (Å²) in [4.78, 5) is 13.2. The molecule has 0 unspecified atom stereocenters. The van der Waals surface area contributed by atoms with Crippen LogP contribution in [-0.2, 0) is 4.79 Å². The van der Waals surface area contributed by atoms with E-state index in [1.165, 1.54) is 24.4 Å². The van der Waals surface area contributed by atoms with Crippen LogP contribution in [0.3, 0.4) is 0 Å². The summed E-state index contributed by atoms with van der Waals surface area (Å²) in [5.41, 5.74) is 1.09. The number of carboxylic acids is 1. The van der Waals surface area contributed by atoms with Crippen LogP contribution in [0.1, 0.15) is 11.1 Å². The summed E-state index contributed by atoms with van der Waals surface area (Å²) < 4.78 is 13.6. The van der Waals surface area contributed by atoms with E-state index < -0.39 is 11.8 Å². The second kappa shape index (κ2) is 4.10. The van der Waals surface area contributed by atoms with Crippen LogP contribution in [0.4, 0.5) is 4.39 Å². The van der Waals surface area contributed by atoms with Gasteiger partial charge in [-0.3, -0.25) is 0 Å². The number of benzene rings is 1. The lowest BCUT2D eigenvalue weighted by Crippen LogP contribution is -1.86. The van der Waals surface area contributed by atoms with Gasteiger partial charge in [-0.15, -0.1) is 0 Å². The third kappa shape index (κ3) is 1.88. The molecule has 0 aliphatic heterocycles. The number of aliphatic carboxylic acids is 1. The monoisotopic (exact) mass is 230 g/mol. The lowest BCUT2D eigenvalue weighted by molar-refractivity contribution is -0.131. The van der Waals surface area contributed by atoms with E-state index in [0.29, 0.717) is 16.6 Å². The number of H-pyrrole nitrogens is 1. The average molecular weight is 230 g/mol. The summed E-state index contributed by atoms with van der Waals surface area (Å²) >= 11 is 0. The van der Waals surface area contributed by atoms with E-state index >= 15 is 0 Å². The van der Waals surface area contributed by atoms with Gasteiger partial charge in [0.25, 0.3) is 0 Å². The smallest absolute Gasteiger partial charge is 0.328 e. The first-order valence-electron chi connectivity index (χ1n) is 4.74. The Labute approximate surface area is 95.6 Å². The van der Waals surface area contributed by atoms with Crippen LogP contribution in [0.5, 0.6) is 0 Å². The van der Waals surface area contributed by atoms with E-state index in [1.807, 2.05) is 6.07 Å². The number of carbonyl (C=O) groups is 1. The lowest BCUT2D eigenvalue weighted by atomic mass is 10.1. The normalized spacial score (nSPS) is 10.8. The highest BCUT2D eigenvalue weighted by Crippen LogP contribution is 2.25. The van der Waals surface area contributed by atoms with Crippen molar-refractivity contribution >= 4 is 22.9 Å². The summed E-state index contributed by atoms with van der Waals surface area (Å²) in [5, 5.41) is 17.6. The van der Waals surface area contributed by atoms with Crippen LogP contribution >= 0.6 is 0 Å². The molecule has 0 saturated heterocycles. The maximum atomic E-state index is 13.6. The van der Waals surface area contributed by atoms with Gasteiger partial charge in [-0.25, -0.2) is 9.18 Å². The van der Waals surface area contributed by atoms with Gasteiger partial charge in [-0.2, -0.15) is 5.26 Å². The number of nitrogens with one attached hydrogen (secondary N) is 1. The van der Waals surface area contributed by atoms with E-state index in [-0.39, 0.29) is 5.39 Å². The van der Waals surface area contributed by atoms with Gasteiger partial charge >= 0.3 is 5.97 Å². The van der Waals surface area contributed by atoms with Crippen molar-refractivity contribution in [2.45, 2.75) is 0 Å². The summed E-state index contributed by atoms with van der Waals surface area (Å²) in [5.74, 6) is -1.61. The van der Waals surface area contributed by atoms with E-state index in [0.717, 1.165) is 6.08 Å². The molecule has 0 saturated carbocycles. The van der Waals surface area contributed by atoms with E-state index in [4.69, 9.17) is 10.4 Å². The lowest BCUT2D eigenvalue weighted by Gasteiger charge is -1.96. The first kappa shape index (κ1) is 10.9. The van der Waals surface area contributed by atoms with Gasteiger partial charge in [0, 0.05) is 23.2 Å². The standard InChI is InChI=1S/C12H7FN2O2/c13-9-3-1-7(5-14)12-11(9)8(6-15-12)2-4-10(16)17/h1-4,6,15H,(H,16,17). The minimum Gasteiger partial charge on any atom is -0.478 e. The molecular weight excluding hydrogens is 223 g/mol. The molecule has 0 radical (unpaired) electrons. The molecule has 84 valence electrons. The zero-order chi connectivity index (χ0) is 12.4. The number of nitrogens with zero attached hydrogens (tertiary/aromatic N) is 1. The Morgan fingerprint density at radius 2 is 2.29 bits per heavy atom. The van der Waals surface area contributed by atoms with Crippen LogP contribution in [0.15, 0.2) is 24.4 Å². The topological polar surface area (TPSA) is 76.9 Å². The zero-order valence-electron chi connectivity index (χ0n) is 8.57. The third-order valence-electron chi connectivity index (χ3n) is 2.34. The van der Waals surface area contributed by atoms with Crippen molar-refractivity contribution in [1.82, 2.24) is 4.98 Å². The van der Waals surface area contributed by atoms with Gasteiger partial charge < -0.3 is 10.1 Å². The molecule has 17 heavy (non-hydrogen) atoms. The first-order valence-corrected chi connectivity index (χ1v) is 4.74. The summed E-state index contributed by atoms with van der Waals surface area (Å²) in [6.45, 7) is 0. The minimum absolute atomic E-state index is 0.224. The fraction of sp³-hybridized carbons (Fsp3) is 0. The van der Waals surface area contributed by atoms with Gasteiger partial charge in [0.05, 0.1) is 11.1 Å². The van der Waals surface area contributed by atoms with Crippen molar-refractivity contribution in [3.05, 3.63) is 41.3 Å². The molecule has 0 bridgehead atoms. The Morgan fingerprint density at radius 3 is 2.94 bits per heavy atom. The molecular formula is C12H7FN2O2. The maximum absolute atomic E-state index is 13.6. The number of fused-ring (bicyclic) bond motifs is 1. The van der Waals surface area contributed by atoms with E-state index in [9.17, 15) is 9.18 Å². The molecule has 5 heteroatoms. The molecule has 0 atom stereocenters. The summed E-state index contributed by atoms with van der Waals surface area (Å²) in [6, 6.07) is 4.50. The fourth-order valence-electron chi connectivity index (χ4n) is 1.62. The first-order chi connectivity index (χ1) is 8.13. The number of halogens is 1. The van der Waals surface area contributed by atoms with Gasteiger partial charge in [0.2, 0.25) is 0 Å². The van der Waals surface area contributed by atoms with Crippen LogP contribution < -0.4 is 0 Å². The summed E-state index contributed by atoms with van der Waals surface area (Å²) in [6.07, 6.45) is 3.67. The Balaban J connectivity index is 2.68. The Morgan fingerprint density at radius 1 is 1.53 bits per heavy atom. The number of hydrogen-bond acceptors (Lipinski definition) is 2. The van der Waals surface area contributed by atoms with Crippen molar-refractivity contribution in [2.24, 2.45) is 0 Å². The summed E-state index contributed by atoms with van der Waals surface area (Å²) in [7, 11) is 0. The second-order valence-electron chi connectivity index (χ2n) is 3.37. The Bertz CT molecular complexity index is 665. The van der Waals surface area contributed by atoms with Crippen LogP contribution in [-0.4, -0.2) is 16.1 Å². The number of nitriles is 1. The highest BCUT2D eigenvalue weighted by molar-refractivity contribution is 5.95. The largest absolute Gasteiger partial charge is 0.478 e. The zero-order valence-corrected chi connectivity index (χ0v) is 8.57. The molecule has 0 spiro atoms. The van der Waals surface area contributed by atoms with Crippen molar-refractivity contribution in [3.8, 4) is 6.07 Å². The van der Waals surface area contributed by atoms with Gasteiger partial charge in [0.1, 0.15) is 11.9 Å². The van der Waals surface area contributed by atoms with Crippen LogP contribution in [0.2, 0.25) is 0 Å². The molecule has 2 N–H and O–H groups in total. The van der Waals surface area contributed by atoms with Crippen molar-refractivity contribution in [3.63, 3.8) is 0 Å². The number of aromatic amines is 1. The molecule has 1 heterocycles. The molecule has 2 aromatic rings. The number of hydrogen-bond donors (Lipinski definition) is 2. The molecule has 0 aliphatic carbocycles. The Kier molecular flexibility index (Phi) is 2.63. The maximum Gasteiger partial charge on any atom is 0.328 e. The van der Waals surface area contributed by atoms with E-state index in [2.05, 4.69) is 4.98 Å². The SMILES string of the molecule is N#Cc1ccc(F)c2c(C=CC(=O)O)c[nH]c12. The van der Waals surface area contributed by atoms with Crippen LogP contribution in [0.25, 0.3) is 17.0 Å². The predicted molar refractivity (Wildman–Crippen MR) is 59.6 cm³/mol. The molecule has 1 aromatic heterocycles. The number of carboxylic acid groups (broad SMARTS) is 1. The van der Waals surface area contributed by atoms with Crippen LogP contribution in [0, 0.1) is 17.1 Å². The molecule has 0 amide bonds. The minimum atomic E-state index is -1.11. The van der Waals surface area contributed by atoms with Crippen molar-refractivity contribution in [2.75, 3.05) is 0 Å². The quantitative estimate of drug-likeness (QED) is 0.777. The third-order valence-corrected chi connectivity index (χ3v) is 2.34. The predicted octanol–water partition coefficient (Wildman–Crippen LogP) is 2.28. The molecule has 1 aromatic carbocycles. The van der Waals surface area contributed by atoms with Crippen molar-refractivity contribution in [1.29, 1.82) is 5.26 Å². The second-order valence-corrected chi connectivity index (χ2v) is 3.37. The van der Waals surface area contributed by atoms with E-state index in [1.54, 1.807) is 0 Å². The molecule has 4 nitrogen and oxygen atoms in total. The Hall–Kier alpha value is -2.61. The van der Waals surface area contributed by atoms with Gasteiger partial charge in [-0.05, 0) is 18.2 Å². The molecule has 0 aliphatic rings. The highest BCUT2D eigenvalue weighted by Gasteiger charge is 2.10.